The van der Waals surface area contributed by atoms with Crippen LogP contribution in [0.1, 0.15) is 28.6 Å². The maximum Gasteiger partial charge on any atom is 0.307 e. The quantitative estimate of drug-likeness (QED) is 0.143. The zero-order valence-corrected chi connectivity index (χ0v) is 20.9. The molecule has 174 valence electrons. The van der Waals surface area contributed by atoms with Gasteiger partial charge in [-0.1, -0.05) is 23.7 Å². The minimum atomic E-state index is -0.484. The third kappa shape index (κ3) is 5.87. The van der Waals surface area contributed by atoms with Crippen LogP contribution in [0.5, 0.6) is 11.5 Å². The Labute approximate surface area is 213 Å². The molecule has 0 bridgehead atoms. The Balaban J connectivity index is 1.46. The van der Waals surface area contributed by atoms with Crippen LogP contribution in [0.3, 0.4) is 0 Å². The van der Waals surface area contributed by atoms with Crippen LogP contribution >= 0.6 is 34.2 Å². The third-order valence-electron chi connectivity index (χ3n) is 4.71. The lowest BCUT2D eigenvalue weighted by atomic mass is 10.2. The number of carbonyl (C=O) groups excluding carboxylic acids is 1. The Bertz CT molecular complexity index is 1360. The number of furan rings is 1. The maximum absolute atomic E-state index is 13.1. The predicted octanol–water partition coefficient (Wildman–Crippen LogP) is 6.57. The normalized spacial score (nSPS) is 11.2. The Morgan fingerprint density at radius 2 is 1.94 bits per heavy atom. The highest BCUT2D eigenvalue weighted by Gasteiger charge is 2.14. The Kier molecular flexibility index (Phi) is 7.69. The molecule has 0 unspecified atom stereocenters. The molecule has 0 atom stereocenters. The molecule has 9 heteroatoms. The molecule has 6 nitrogen and oxygen atoms in total. The van der Waals surface area contributed by atoms with Crippen molar-refractivity contribution < 1.29 is 23.1 Å². The summed E-state index contributed by atoms with van der Waals surface area (Å²) in [7, 11) is 0. The predicted molar refractivity (Wildman–Crippen MR) is 137 cm³/mol. The zero-order chi connectivity index (χ0) is 24.1. The van der Waals surface area contributed by atoms with Gasteiger partial charge in [0, 0.05) is 10.4 Å². The molecule has 1 amide bonds. The van der Waals surface area contributed by atoms with Gasteiger partial charge in [-0.05, 0) is 89.2 Å². The summed E-state index contributed by atoms with van der Waals surface area (Å²) in [6.07, 6.45) is 1.51. The molecular weight excluding hydrogens is 574 g/mol. The number of nitrogens with zero attached hydrogens (tertiary/aromatic N) is 1. The van der Waals surface area contributed by atoms with Gasteiger partial charge in [0.15, 0.2) is 17.3 Å². The molecule has 0 spiro atoms. The first-order valence-electron chi connectivity index (χ1n) is 10.3. The van der Waals surface area contributed by atoms with Crippen LogP contribution < -0.4 is 14.9 Å². The van der Waals surface area contributed by atoms with Crippen LogP contribution in [-0.4, -0.2) is 18.7 Å². The van der Waals surface area contributed by atoms with E-state index >= 15 is 0 Å². The summed E-state index contributed by atoms with van der Waals surface area (Å²) in [6, 6.07) is 16.5. The molecule has 1 N–H and O–H groups in total. The number of benzene rings is 3. The topological polar surface area (TPSA) is 73.1 Å². The summed E-state index contributed by atoms with van der Waals surface area (Å²) in [4.78, 5) is 12.4. The van der Waals surface area contributed by atoms with E-state index in [0.29, 0.717) is 34.3 Å². The van der Waals surface area contributed by atoms with Crippen molar-refractivity contribution in [2.24, 2.45) is 5.10 Å². The van der Waals surface area contributed by atoms with Gasteiger partial charge in [0.1, 0.15) is 18.0 Å². The summed E-state index contributed by atoms with van der Waals surface area (Å²) < 4.78 is 31.2. The van der Waals surface area contributed by atoms with E-state index in [4.69, 9.17) is 25.5 Å². The maximum atomic E-state index is 13.1. The minimum absolute atomic E-state index is 0.128. The smallest absolute Gasteiger partial charge is 0.307 e. The number of fused-ring (bicyclic) bond motifs is 1. The van der Waals surface area contributed by atoms with E-state index in [1.165, 1.54) is 18.3 Å². The second kappa shape index (κ2) is 10.9. The molecule has 1 aromatic heterocycles. The van der Waals surface area contributed by atoms with Crippen LogP contribution in [0.4, 0.5) is 4.39 Å². The number of ether oxygens (including phenoxy) is 2. The van der Waals surface area contributed by atoms with Gasteiger partial charge in [-0.2, -0.15) is 5.10 Å². The van der Waals surface area contributed by atoms with E-state index in [2.05, 4.69) is 33.1 Å². The monoisotopic (exact) mass is 592 g/mol. The average molecular weight is 593 g/mol. The van der Waals surface area contributed by atoms with Gasteiger partial charge in [0.2, 0.25) is 0 Å². The van der Waals surface area contributed by atoms with Gasteiger partial charge in [-0.15, -0.1) is 0 Å². The van der Waals surface area contributed by atoms with E-state index in [1.54, 1.807) is 42.5 Å². The lowest BCUT2D eigenvalue weighted by molar-refractivity contribution is 0.0929. The molecule has 0 saturated carbocycles. The van der Waals surface area contributed by atoms with E-state index in [-0.39, 0.29) is 18.2 Å². The molecule has 3 aromatic carbocycles. The van der Waals surface area contributed by atoms with Crippen LogP contribution in [0, 0.1) is 9.39 Å². The molecule has 34 heavy (non-hydrogen) atoms. The van der Waals surface area contributed by atoms with Crippen molar-refractivity contribution >= 4 is 57.3 Å². The molecule has 0 aliphatic carbocycles. The Morgan fingerprint density at radius 1 is 1.15 bits per heavy atom. The molecule has 4 rings (SSSR count). The number of hydrazone groups is 1. The second-order valence-electron chi connectivity index (χ2n) is 7.17. The van der Waals surface area contributed by atoms with Crippen LogP contribution in [0.25, 0.3) is 11.0 Å². The number of amides is 1. The average Bonchev–Trinajstić information content (AvgIpc) is 3.23. The first-order valence-corrected chi connectivity index (χ1v) is 11.7. The number of halogens is 3. The fourth-order valence-corrected chi connectivity index (χ4v) is 4.11. The highest BCUT2D eigenvalue weighted by molar-refractivity contribution is 14.1. The molecule has 0 aliphatic heterocycles. The van der Waals surface area contributed by atoms with E-state index < -0.39 is 5.91 Å². The first-order chi connectivity index (χ1) is 16.4. The number of carbonyl (C=O) groups is 1. The van der Waals surface area contributed by atoms with E-state index in [1.807, 2.05) is 13.0 Å². The first kappa shape index (κ1) is 24.0. The van der Waals surface area contributed by atoms with Gasteiger partial charge in [-0.3, -0.25) is 4.79 Å². The molecular formula is C25H19ClFIN2O4. The highest BCUT2D eigenvalue weighted by Crippen LogP contribution is 2.34. The van der Waals surface area contributed by atoms with Crippen molar-refractivity contribution in [3.8, 4) is 11.5 Å². The number of rotatable bonds is 8. The van der Waals surface area contributed by atoms with E-state index in [0.717, 1.165) is 14.5 Å². The Morgan fingerprint density at radius 3 is 2.71 bits per heavy atom. The van der Waals surface area contributed by atoms with Crippen molar-refractivity contribution in [2.45, 2.75) is 13.5 Å². The van der Waals surface area contributed by atoms with Crippen LogP contribution in [0.15, 0.2) is 70.2 Å². The molecule has 0 aliphatic rings. The second-order valence-corrected chi connectivity index (χ2v) is 8.77. The largest absolute Gasteiger partial charge is 0.490 e. The fraction of sp³-hybridized carbons (Fsp3) is 0.120. The standard InChI is InChI=1S/C25H19ClFIN2O4/c1-2-32-22-10-16(9-20(28)24(22)33-14-15-3-6-19(27)7-4-15)13-29-30-25(31)23-12-17-11-18(26)5-8-21(17)34-23/h3-13H,2,14H2,1H3,(H,30,31)/b29-13+. The van der Waals surface area contributed by atoms with Crippen molar-refractivity contribution in [3.05, 3.63) is 92.0 Å². The van der Waals surface area contributed by atoms with Crippen LogP contribution in [-0.2, 0) is 6.61 Å². The van der Waals surface area contributed by atoms with Gasteiger partial charge in [-0.25, -0.2) is 9.82 Å². The van der Waals surface area contributed by atoms with Gasteiger partial charge in [0.25, 0.3) is 0 Å². The molecule has 4 aromatic rings. The lowest BCUT2D eigenvalue weighted by Crippen LogP contribution is -2.16. The molecule has 1 heterocycles. The third-order valence-corrected chi connectivity index (χ3v) is 5.75. The minimum Gasteiger partial charge on any atom is -0.490 e. The summed E-state index contributed by atoms with van der Waals surface area (Å²) in [6.45, 7) is 2.58. The highest BCUT2D eigenvalue weighted by atomic mass is 127. The van der Waals surface area contributed by atoms with E-state index in [9.17, 15) is 9.18 Å². The van der Waals surface area contributed by atoms with Crippen molar-refractivity contribution in [1.82, 2.24) is 5.43 Å². The van der Waals surface area contributed by atoms with Crippen molar-refractivity contribution in [1.29, 1.82) is 0 Å². The number of hydrogen-bond acceptors (Lipinski definition) is 5. The van der Waals surface area contributed by atoms with Crippen molar-refractivity contribution in [3.63, 3.8) is 0 Å². The van der Waals surface area contributed by atoms with Gasteiger partial charge < -0.3 is 13.9 Å². The summed E-state index contributed by atoms with van der Waals surface area (Å²) in [5.74, 6) is 0.465. The van der Waals surface area contributed by atoms with Gasteiger partial charge >= 0.3 is 5.91 Å². The fourth-order valence-electron chi connectivity index (χ4n) is 3.15. The molecule has 0 saturated heterocycles. The lowest BCUT2D eigenvalue weighted by Gasteiger charge is -2.14. The van der Waals surface area contributed by atoms with Crippen molar-refractivity contribution in [2.75, 3.05) is 6.61 Å². The molecule has 0 radical (unpaired) electrons. The van der Waals surface area contributed by atoms with Crippen LogP contribution in [0.2, 0.25) is 5.02 Å². The molecule has 0 fully saturated rings. The zero-order valence-electron chi connectivity index (χ0n) is 18.0. The summed E-state index contributed by atoms with van der Waals surface area (Å²) in [5, 5.41) is 5.32. The Hall–Kier alpha value is -3.11. The number of nitrogens with one attached hydrogen (secondary N) is 1. The summed E-state index contributed by atoms with van der Waals surface area (Å²) in [5.41, 5.74) is 4.56. The SMILES string of the molecule is CCOc1cc(/C=N/NC(=O)c2cc3cc(Cl)ccc3o2)cc(I)c1OCc1ccc(F)cc1. The number of hydrogen-bond donors (Lipinski definition) is 1. The van der Waals surface area contributed by atoms with Gasteiger partial charge in [0.05, 0.1) is 16.4 Å². The summed E-state index contributed by atoms with van der Waals surface area (Å²) >= 11 is 8.12.